The van der Waals surface area contributed by atoms with Crippen LogP contribution in [-0.4, -0.2) is 133 Å². The number of ketones is 1. The molecule has 0 saturated carbocycles. The minimum absolute atomic E-state index is 0.110. The van der Waals surface area contributed by atoms with Gasteiger partial charge in [-0.15, -0.1) is 0 Å². The van der Waals surface area contributed by atoms with Gasteiger partial charge in [0, 0.05) is 12.1 Å². The van der Waals surface area contributed by atoms with Crippen LogP contribution in [0, 0.1) is 0 Å². The molecule has 5 rings (SSSR count). The SMILES string of the molecule is COc1ccc(C2Oc3cc(O)cc(O)c3C(=O)C2OC2OC(COC3OC(C)C(O)C(O)C3O)C(O)C(O)C2O)cc1O. The van der Waals surface area contributed by atoms with E-state index in [0.717, 1.165) is 12.1 Å². The van der Waals surface area contributed by atoms with Crippen molar-refractivity contribution < 1.29 is 79.2 Å². The third-order valence-corrected chi connectivity index (χ3v) is 7.81. The highest BCUT2D eigenvalue weighted by Crippen LogP contribution is 2.44. The van der Waals surface area contributed by atoms with Gasteiger partial charge in [0.25, 0.3) is 0 Å². The van der Waals surface area contributed by atoms with Crippen LogP contribution in [0.25, 0.3) is 0 Å². The molecule has 0 aliphatic carbocycles. The third-order valence-electron chi connectivity index (χ3n) is 7.81. The molecule has 12 atom stereocenters. The van der Waals surface area contributed by atoms with Gasteiger partial charge in [-0.05, 0) is 24.6 Å². The van der Waals surface area contributed by atoms with Gasteiger partial charge in [0.05, 0.1) is 19.8 Å². The summed E-state index contributed by atoms with van der Waals surface area (Å²) >= 11 is 0. The quantitative estimate of drug-likeness (QED) is 0.164. The van der Waals surface area contributed by atoms with Crippen LogP contribution < -0.4 is 9.47 Å². The summed E-state index contributed by atoms with van der Waals surface area (Å²) in [5.74, 6) is -2.31. The Morgan fingerprint density at radius 3 is 2.16 bits per heavy atom. The molecule has 44 heavy (non-hydrogen) atoms. The van der Waals surface area contributed by atoms with E-state index in [1.165, 1.54) is 32.2 Å². The molecule has 3 heterocycles. The largest absolute Gasteiger partial charge is 0.508 e. The number of rotatable bonds is 7. The van der Waals surface area contributed by atoms with Crippen molar-refractivity contribution >= 4 is 5.78 Å². The predicted octanol–water partition coefficient (Wildman–Crippen LogP) is -1.83. The zero-order valence-corrected chi connectivity index (χ0v) is 23.4. The summed E-state index contributed by atoms with van der Waals surface area (Å²) in [7, 11) is 1.33. The molecule has 0 aromatic heterocycles. The maximum atomic E-state index is 13.7. The first kappa shape index (κ1) is 32.1. The molecule has 16 heteroatoms. The van der Waals surface area contributed by atoms with Crippen LogP contribution in [0.2, 0.25) is 0 Å². The van der Waals surface area contributed by atoms with Crippen molar-refractivity contribution in [2.24, 2.45) is 0 Å². The Bertz CT molecular complexity index is 1350. The number of methoxy groups -OCH3 is 1. The van der Waals surface area contributed by atoms with Crippen molar-refractivity contribution in [3.63, 3.8) is 0 Å². The summed E-state index contributed by atoms with van der Waals surface area (Å²) < 4.78 is 33.4. The van der Waals surface area contributed by atoms with E-state index < -0.39 is 97.5 Å². The Balaban J connectivity index is 1.41. The zero-order valence-electron chi connectivity index (χ0n) is 23.4. The van der Waals surface area contributed by atoms with E-state index in [-0.39, 0.29) is 28.4 Å². The first-order valence-electron chi connectivity index (χ1n) is 13.6. The van der Waals surface area contributed by atoms with Gasteiger partial charge < -0.3 is 74.4 Å². The number of phenols is 3. The van der Waals surface area contributed by atoms with E-state index in [2.05, 4.69) is 0 Å². The number of carbonyl (C=O) groups excluding carboxylic acids is 1. The second kappa shape index (κ2) is 12.6. The molecule has 16 nitrogen and oxygen atoms in total. The molecule has 2 fully saturated rings. The van der Waals surface area contributed by atoms with Gasteiger partial charge in [-0.2, -0.15) is 0 Å². The monoisotopic (exact) mass is 626 g/mol. The zero-order chi connectivity index (χ0) is 32.0. The van der Waals surface area contributed by atoms with Crippen molar-refractivity contribution in [1.29, 1.82) is 0 Å². The number of aliphatic hydroxyl groups is 6. The van der Waals surface area contributed by atoms with E-state index >= 15 is 0 Å². The molecule has 2 aromatic rings. The van der Waals surface area contributed by atoms with E-state index in [4.69, 9.17) is 28.4 Å². The highest BCUT2D eigenvalue weighted by Gasteiger charge is 2.50. The number of fused-ring (bicyclic) bond motifs is 1. The first-order chi connectivity index (χ1) is 20.8. The van der Waals surface area contributed by atoms with Crippen LogP contribution in [-0.2, 0) is 18.9 Å². The number of aromatic hydroxyl groups is 3. The second-order valence-corrected chi connectivity index (χ2v) is 10.8. The van der Waals surface area contributed by atoms with Gasteiger partial charge in [0.2, 0.25) is 5.78 Å². The Labute approximate surface area is 249 Å². The van der Waals surface area contributed by atoms with Gasteiger partial charge in [-0.1, -0.05) is 6.07 Å². The molecule has 9 N–H and O–H groups in total. The number of benzene rings is 2. The normalized spacial score (nSPS) is 37.2. The fraction of sp³-hybridized carbons (Fsp3) is 0.536. The van der Waals surface area contributed by atoms with Crippen molar-refractivity contribution in [3.05, 3.63) is 41.5 Å². The molecule has 0 bridgehead atoms. The van der Waals surface area contributed by atoms with E-state index in [1.54, 1.807) is 0 Å². The highest BCUT2D eigenvalue weighted by molar-refractivity contribution is 6.05. The molecule has 2 saturated heterocycles. The maximum Gasteiger partial charge on any atom is 0.203 e. The van der Waals surface area contributed by atoms with Gasteiger partial charge in [-0.3, -0.25) is 4.79 Å². The number of phenolic OH excluding ortho intramolecular Hbond substituents is 3. The summed E-state index contributed by atoms with van der Waals surface area (Å²) in [6.07, 6.45) is -18.9. The molecule has 3 aliphatic rings. The standard InChI is InChI=1S/C28H34O16/c1-9-18(32)21(35)23(37)27(41-9)40-8-16-19(33)22(36)24(38)28(43-16)44-26-20(34)17-13(31)6-11(29)7-15(17)42-25(26)10-3-4-14(39-2)12(30)5-10/h3-7,9,16,18-19,21-33,35-38H,8H2,1-2H3. The lowest BCUT2D eigenvalue weighted by molar-refractivity contribution is -0.333. The van der Waals surface area contributed by atoms with Gasteiger partial charge in [0.15, 0.2) is 36.3 Å². The summed E-state index contributed by atoms with van der Waals surface area (Å²) in [5.41, 5.74) is -0.176. The van der Waals surface area contributed by atoms with Crippen LogP contribution in [0.1, 0.15) is 28.9 Å². The van der Waals surface area contributed by atoms with Crippen molar-refractivity contribution in [3.8, 4) is 28.7 Å². The van der Waals surface area contributed by atoms with E-state index in [0.29, 0.717) is 0 Å². The van der Waals surface area contributed by atoms with Crippen LogP contribution in [0.5, 0.6) is 28.7 Å². The van der Waals surface area contributed by atoms with Gasteiger partial charge >= 0.3 is 0 Å². The Hall–Kier alpha value is -3.29. The fourth-order valence-electron chi connectivity index (χ4n) is 5.32. The van der Waals surface area contributed by atoms with Gasteiger partial charge in [-0.25, -0.2) is 0 Å². The predicted molar refractivity (Wildman–Crippen MR) is 142 cm³/mol. The smallest absolute Gasteiger partial charge is 0.203 e. The summed E-state index contributed by atoms with van der Waals surface area (Å²) in [6.45, 7) is 0.863. The molecule has 3 aliphatic heterocycles. The van der Waals surface area contributed by atoms with Crippen LogP contribution >= 0.6 is 0 Å². The lowest BCUT2D eigenvalue weighted by Gasteiger charge is -2.44. The van der Waals surface area contributed by atoms with Crippen molar-refractivity contribution in [2.45, 2.75) is 80.5 Å². The minimum Gasteiger partial charge on any atom is -0.508 e. The first-order valence-corrected chi connectivity index (χ1v) is 13.6. The molecular weight excluding hydrogens is 592 g/mol. The van der Waals surface area contributed by atoms with Crippen LogP contribution in [0.15, 0.2) is 30.3 Å². The average Bonchev–Trinajstić information content (AvgIpc) is 2.98. The highest BCUT2D eigenvalue weighted by atomic mass is 16.7. The van der Waals surface area contributed by atoms with E-state index in [1.807, 2.05) is 0 Å². The third kappa shape index (κ3) is 5.89. The molecule has 242 valence electrons. The number of aliphatic hydroxyl groups excluding tert-OH is 6. The summed E-state index contributed by atoms with van der Waals surface area (Å²) in [5, 5.41) is 92.8. The lowest BCUT2D eigenvalue weighted by atomic mass is 9.92. The number of hydrogen-bond acceptors (Lipinski definition) is 16. The molecule has 0 radical (unpaired) electrons. The van der Waals surface area contributed by atoms with Gasteiger partial charge in [0.1, 0.15) is 65.5 Å². The summed E-state index contributed by atoms with van der Waals surface area (Å²) in [4.78, 5) is 13.7. The molecule has 12 unspecified atom stereocenters. The molecule has 0 amide bonds. The lowest BCUT2D eigenvalue weighted by Crippen LogP contribution is -2.62. The summed E-state index contributed by atoms with van der Waals surface area (Å²) in [6, 6.07) is 6.08. The minimum atomic E-state index is -1.91. The topological polar surface area (TPSA) is 255 Å². The number of Topliss-reactive ketones (excluding diaryl/α,β-unsaturated/α-hetero) is 1. The number of carbonyl (C=O) groups is 1. The Morgan fingerprint density at radius 1 is 0.795 bits per heavy atom. The van der Waals surface area contributed by atoms with Crippen molar-refractivity contribution in [1.82, 2.24) is 0 Å². The average molecular weight is 627 g/mol. The van der Waals surface area contributed by atoms with Crippen LogP contribution in [0.3, 0.4) is 0 Å². The molecular formula is C28H34O16. The fourth-order valence-corrected chi connectivity index (χ4v) is 5.32. The van der Waals surface area contributed by atoms with Crippen LogP contribution in [0.4, 0.5) is 0 Å². The Kier molecular flexibility index (Phi) is 9.20. The van der Waals surface area contributed by atoms with Crippen molar-refractivity contribution in [2.75, 3.05) is 13.7 Å². The van der Waals surface area contributed by atoms with E-state index in [9.17, 15) is 50.8 Å². The second-order valence-electron chi connectivity index (χ2n) is 10.8. The number of ether oxygens (including phenoxy) is 6. The molecule has 2 aromatic carbocycles. The molecule has 0 spiro atoms. The number of hydrogen-bond donors (Lipinski definition) is 9. The Morgan fingerprint density at radius 2 is 1.48 bits per heavy atom. The maximum absolute atomic E-state index is 13.7.